The number of nitro groups is 1. The van der Waals surface area contributed by atoms with Crippen molar-refractivity contribution in [3.05, 3.63) is 44.4 Å². The molecule has 1 rings (SSSR count). The highest BCUT2D eigenvalue weighted by molar-refractivity contribution is 9.10. The van der Waals surface area contributed by atoms with Crippen molar-refractivity contribution in [1.82, 2.24) is 0 Å². The lowest BCUT2D eigenvalue weighted by Gasteiger charge is -2.09. The number of nitrogens with zero attached hydrogens (tertiary/aromatic N) is 1. The Morgan fingerprint density at radius 2 is 2.26 bits per heavy atom. The molecule has 1 N–H and O–H groups in total. The standard InChI is InChI=1S/C12H13BrN2O4/c1-3-4-5-14-11-9(13)6-8(12(16)19-2)7-10(11)15(17)18/h3-4,6-7,14H,5H2,1-2H3. The number of esters is 1. The summed E-state index contributed by atoms with van der Waals surface area (Å²) in [6.07, 6.45) is 3.65. The van der Waals surface area contributed by atoms with Crippen molar-refractivity contribution >= 4 is 33.3 Å². The maximum Gasteiger partial charge on any atom is 0.338 e. The van der Waals surface area contributed by atoms with Crippen LogP contribution in [-0.2, 0) is 4.74 Å². The van der Waals surface area contributed by atoms with Crippen LogP contribution in [0.2, 0.25) is 0 Å². The molecular formula is C12H13BrN2O4. The van der Waals surface area contributed by atoms with Crippen molar-refractivity contribution in [1.29, 1.82) is 0 Å². The van der Waals surface area contributed by atoms with Gasteiger partial charge in [0.15, 0.2) is 0 Å². The fourth-order valence-corrected chi connectivity index (χ4v) is 2.02. The molecule has 0 saturated heterocycles. The third-order valence-electron chi connectivity index (χ3n) is 2.32. The maximum atomic E-state index is 11.4. The summed E-state index contributed by atoms with van der Waals surface area (Å²) in [7, 11) is 1.22. The SMILES string of the molecule is CC=CCNc1c(Br)cc(C(=O)OC)cc1[N+](=O)[O-]. The molecule has 0 aliphatic heterocycles. The number of carbonyl (C=O) groups is 1. The van der Waals surface area contributed by atoms with Gasteiger partial charge in [0, 0.05) is 17.1 Å². The van der Waals surface area contributed by atoms with Crippen LogP contribution in [0.4, 0.5) is 11.4 Å². The van der Waals surface area contributed by atoms with Crippen molar-refractivity contribution < 1.29 is 14.5 Å². The molecule has 7 heteroatoms. The lowest BCUT2D eigenvalue weighted by Crippen LogP contribution is -2.07. The number of nitro benzene ring substituents is 1. The van der Waals surface area contributed by atoms with E-state index in [4.69, 9.17) is 0 Å². The molecule has 0 heterocycles. The average molecular weight is 329 g/mol. The molecule has 1 aromatic carbocycles. The van der Waals surface area contributed by atoms with E-state index in [1.54, 1.807) is 0 Å². The first kappa shape index (κ1) is 15.2. The van der Waals surface area contributed by atoms with Gasteiger partial charge in [0.1, 0.15) is 5.69 Å². The van der Waals surface area contributed by atoms with Crippen LogP contribution in [0.5, 0.6) is 0 Å². The predicted molar refractivity (Wildman–Crippen MR) is 75.4 cm³/mol. The number of benzene rings is 1. The van der Waals surface area contributed by atoms with Gasteiger partial charge in [-0.25, -0.2) is 4.79 Å². The zero-order valence-corrected chi connectivity index (χ0v) is 12.1. The van der Waals surface area contributed by atoms with Crippen LogP contribution < -0.4 is 5.32 Å². The highest BCUT2D eigenvalue weighted by Gasteiger charge is 2.21. The molecule has 19 heavy (non-hydrogen) atoms. The largest absolute Gasteiger partial charge is 0.465 e. The summed E-state index contributed by atoms with van der Waals surface area (Å²) in [6.45, 7) is 2.30. The summed E-state index contributed by atoms with van der Waals surface area (Å²) in [4.78, 5) is 21.9. The van der Waals surface area contributed by atoms with E-state index in [1.165, 1.54) is 19.2 Å². The number of carbonyl (C=O) groups excluding carboxylic acids is 1. The Bertz CT molecular complexity index is 529. The molecule has 1 aromatic rings. The summed E-state index contributed by atoms with van der Waals surface area (Å²) in [5, 5.41) is 14.0. The van der Waals surface area contributed by atoms with E-state index in [0.29, 0.717) is 16.7 Å². The molecule has 0 saturated carbocycles. The van der Waals surface area contributed by atoms with Crippen LogP contribution in [0.3, 0.4) is 0 Å². The van der Waals surface area contributed by atoms with Crippen molar-refractivity contribution in [3.63, 3.8) is 0 Å². The second-order valence-corrected chi connectivity index (χ2v) is 4.41. The molecule has 0 fully saturated rings. The summed E-state index contributed by atoms with van der Waals surface area (Å²) in [6, 6.07) is 2.67. The second kappa shape index (κ2) is 6.89. The lowest BCUT2D eigenvalue weighted by atomic mass is 10.1. The summed E-state index contributed by atoms with van der Waals surface area (Å²) in [5.74, 6) is -0.621. The molecule has 0 aliphatic rings. The Morgan fingerprint density at radius 1 is 1.58 bits per heavy atom. The van der Waals surface area contributed by atoms with Crippen LogP contribution in [0.1, 0.15) is 17.3 Å². The zero-order valence-electron chi connectivity index (χ0n) is 10.5. The molecule has 0 bridgehead atoms. The molecule has 102 valence electrons. The van der Waals surface area contributed by atoms with Gasteiger partial charge in [-0.3, -0.25) is 10.1 Å². The minimum absolute atomic E-state index is 0.123. The van der Waals surface area contributed by atoms with Crippen LogP contribution in [0.25, 0.3) is 0 Å². The second-order valence-electron chi connectivity index (χ2n) is 3.55. The first-order valence-corrected chi connectivity index (χ1v) is 6.21. The van der Waals surface area contributed by atoms with Gasteiger partial charge >= 0.3 is 5.97 Å². The smallest absolute Gasteiger partial charge is 0.338 e. The first-order valence-electron chi connectivity index (χ1n) is 5.42. The van der Waals surface area contributed by atoms with E-state index in [-0.39, 0.29) is 11.3 Å². The molecule has 0 spiro atoms. The van der Waals surface area contributed by atoms with Crippen molar-refractivity contribution in [2.45, 2.75) is 6.92 Å². The Morgan fingerprint density at radius 3 is 2.79 bits per heavy atom. The number of hydrogen-bond donors (Lipinski definition) is 1. The number of halogens is 1. The van der Waals surface area contributed by atoms with Gasteiger partial charge in [-0.15, -0.1) is 0 Å². The molecule has 0 atom stereocenters. The summed E-state index contributed by atoms with van der Waals surface area (Å²) < 4.78 is 4.99. The molecule has 0 aromatic heterocycles. The quantitative estimate of drug-likeness (QED) is 0.388. The molecule has 6 nitrogen and oxygen atoms in total. The summed E-state index contributed by atoms with van der Waals surface area (Å²) >= 11 is 3.22. The number of anilines is 1. The Hall–Kier alpha value is -1.89. The van der Waals surface area contributed by atoms with Gasteiger partial charge in [-0.1, -0.05) is 12.2 Å². The lowest BCUT2D eigenvalue weighted by molar-refractivity contribution is -0.384. The Balaban J connectivity index is 3.22. The number of nitrogens with one attached hydrogen (secondary N) is 1. The van der Waals surface area contributed by atoms with Gasteiger partial charge in [-0.05, 0) is 28.9 Å². The first-order chi connectivity index (χ1) is 9.01. The van der Waals surface area contributed by atoms with Crippen LogP contribution in [0.15, 0.2) is 28.8 Å². The van der Waals surface area contributed by atoms with Crippen molar-refractivity contribution in [3.8, 4) is 0 Å². The normalized spacial score (nSPS) is 10.5. The maximum absolute atomic E-state index is 11.4. The molecular weight excluding hydrogens is 316 g/mol. The third-order valence-corrected chi connectivity index (χ3v) is 2.95. The third kappa shape index (κ3) is 3.78. The molecule has 0 aliphatic carbocycles. The van der Waals surface area contributed by atoms with Crippen LogP contribution >= 0.6 is 15.9 Å². The Kier molecular flexibility index (Phi) is 5.50. The van der Waals surface area contributed by atoms with E-state index in [1.807, 2.05) is 19.1 Å². The zero-order chi connectivity index (χ0) is 14.4. The van der Waals surface area contributed by atoms with E-state index < -0.39 is 10.9 Å². The van der Waals surface area contributed by atoms with Gasteiger partial charge < -0.3 is 10.1 Å². The monoisotopic (exact) mass is 328 g/mol. The Labute approximate surface area is 118 Å². The number of methoxy groups -OCH3 is 1. The predicted octanol–water partition coefficient (Wildman–Crippen LogP) is 3.13. The van der Waals surface area contributed by atoms with Crippen LogP contribution in [-0.4, -0.2) is 24.5 Å². The van der Waals surface area contributed by atoms with Gasteiger partial charge in [0.05, 0.1) is 17.6 Å². The van der Waals surface area contributed by atoms with E-state index in [9.17, 15) is 14.9 Å². The van der Waals surface area contributed by atoms with Crippen molar-refractivity contribution in [2.75, 3.05) is 19.0 Å². The van der Waals surface area contributed by atoms with Gasteiger partial charge in [0.25, 0.3) is 5.69 Å². The molecule has 0 radical (unpaired) electrons. The average Bonchev–Trinajstić information content (AvgIpc) is 2.39. The highest BCUT2D eigenvalue weighted by Crippen LogP contribution is 2.34. The van der Waals surface area contributed by atoms with E-state index in [0.717, 1.165) is 0 Å². The number of allylic oxidation sites excluding steroid dienone is 1. The minimum Gasteiger partial charge on any atom is -0.465 e. The van der Waals surface area contributed by atoms with Gasteiger partial charge in [0.2, 0.25) is 0 Å². The van der Waals surface area contributed by atoms with Gasteiger partial charge in [-0.2, -0.15) is 0 Å². The number of hydrogen-bond acceptors (Lipinski definition) is 5. The van der Waals surface area contributed by atoms with E-state index >= 15 is 0 Å². The number of ether oxygens (including phenoxy) is 1. The van der Waals surface area contributed by atoms with E-state index in [2.05, 4.69) is 26.0 Å². The summed E-state index contributed by atoms with van der Waals surface area (Å²) in [5.41, 5.74) is 0.271. The minimum atomic E-state index is -0.621. The molecule has 0 amide bonds. The fourth-order valence-electron chi connectivity index (χ4n) is 1.43. The fraction of sp³-hybridized carbons (Fsp3) is 0.250. The molecule has 0 unspecified atom stereocenters. The highest BCUT2D eigenvalue weighted by atomic mass is 79.9. The van der Waals surface area contributed by atoms with Crippen LogP contribution in [0, 0.1) is 10.1 Å². The van der Waals surface area contributed by atoms with Crippen molar-refractivity contribution in [2.24, 2.45) is 0 Å². The topological polar surface area (TPSA) is 81.5 Å². The number of rotatable bonds is 5.